The smallest absolute Gasteiger partial charge is 0.360 e. The van der Waals surface area contributed by atoms with Gasteiger partial charge in [0.05, 0.1) is 5.25 Å². The van der Waals surface area contributed by atoms with Crippen LogP contribution < -0.4 is 10.6 Å². The minimum absolute atomic E-state index is 0.545. The molecule has 21 heavy (non-hydrogen) atoms. The Bertz CT molecular complexity index is 453. The average molecular weight is 342 g/mol. The molecular formula is C11H17F3N4OS2. The Balaban J connectivity index is 2.40. The lowest BCUT2D eigenvalue weighted by atomic mass is 10.3. The van der Waals surface area contributed by atoms with Gasteiger partial charge in [-0.2, -0.15) is 13.2 Å². The Morgan fingerprint density at radius 1 is 1.43 bits per heavy atom. The van der Waals surface area contributed by atoms with Crippen LogP contribution >= 0.6 is 23.1 Å². The Kier molecular flexibility index (Phi) is 7.23. The maximum absolute atomic E-state index is 12.0. The lowest BCUT2D eigenvalue weighted by molar-refractivity contribution is -0.137. The van der Waals surface area contributed by atoms with E-state index in [9.17, 15) is 18.0 Å². The van der Waals surface area contributed by atoms with Crippen LogP contribution in [-0.4, -0.2) is 40.6 Å². The summed E-state index contributed by atoms with van der Waals surface area (Å²) in [5.74, 6) is -0.673. The van der Waals surface area contributed by atoms with Gasteiger partial charge in [-0.15, -0.1) is 10.2 Å². The number of anilines is 1. The summed E-state index contributed by atoms with van der Waals surface area (Å²) in [5, 5.41) is 12.7. The zero-order valence-electron chi connectivity index (χ0n) is 11.7. The second kappa shape index (κ2) is 8.42. The highest BCUT2D eigenvalue weighted by molar-refractivity contribution is 8.02. The lowest BCUT2D eigenvalue weighted by Gasteiger charge is -2.11. The molecule has 1 aromatic heterocycles. The van der Waals surface area contributed by atoms with Gasteiger partial charge in [0.25, 0.3) is 0 Å². The van der Waals surface area contributed by atoms with Gasteiger partial charge in [0.2, 0.25) is 11.0 Å². The Morgan fingerprint density at radius 2 is 2.14 bits per heavy atom. The Hall–Kier alpha value is -1.03. The summed E-state index contributed by atoms with van der Waals surface area (Å²) < 4.78 is 36.6. The summed E-state index contributed by atoms with van der Waals surface area (Å²) in [6.45, 7) is 3.07. The molecule has 5 nitrogen and oxygen atoms in total. The summed E-state index contributed by atoms with van der Waals surface area (Å²) >= 11 is 2.37. The number of aromatic nitrogens is 2. The number of alkyl halides is 3. The van der Waals surface area contributed by atoms with Crippen molar-refractivity contribution in [1.29, 1.82) is 0 Å². The predicted octanol–water partition coefficient (Wildman–Crippen LogP) is 2.91. The van der Waals surface area contributed by atoms with Crippen molar-refractivity contribution in [2.75, 3.05) is 18.4 Å². The first-order valence-corrected chi connectivity index (χ1v) is 8.10. The summed E-state index contributed by atoms with van der Waals surface area (Å²) in [6.07, 6.45) is -2.33. The van der Waals surface area contributed by atoms with E-state index in [0.29, 0.717) is 9.47 Å². The fourth-order valence-electron chi connectivity index (χ4n) is 1.24. The SMILES string of the molecule is CCCCNc1nnc(S[C@@H](C)C(=O)NCC(F)(F)F)s1. The molecule has 0 saturated carbocycles. The molecular weight excluding hydrogens is 325 g/mol. The zero-order valence-corrected chi connectivity index (χ0v) is 13.3. The third-order valence-electron chi connectivity index (χ3n) is 2.32. The number of carbonyl (C=O) groups is 1. The van der Waals surface area contributed by atoms with Crippen LogP contribution in [0.5, 0.6) is 0 Å². The minimum atomic E-state index is -4.40. The topological polar surface area (TPSA) is 66.9 Å². The summed E-state index contributed by atoms with van der Waals surface area (Å²) in [4.78, 5) is 11.5. The van der Waals surface area contributed by atoms with E-state index < -0.39 is 23.9 Å². The molecule has 0 spiro atoms. The number of hydrogen-bond acceptors (Lipinski definition) is 6. The molecule has 1 rings (SSSR count). The van der Waals surface area contributed by atoms with Crippen molar-refractivity contribution in [2.24, 2.45) is 0 Å². The molecule has 1 amide bonds. The maximum atomic E-state index is 12.0. The van der Waals surface area contributed by atoms with E-state index >= 15 is 0 Å². The highest BCUT2D eigenvalue weighted by Crippen LogP contribution is 2.29. The lowest BCUT2D eigenvalue weighted by Crippen LogP contribution is -2.37. The van der Waals surface area contributed by atoms with Crippen LogP contribution in [0.1, 0.15) is 26.7 Å². The molecule has 0 unspecified atom stereocenters. The van der Waals surface area contributed by atoms with E-state index in [-0.39, 0.29) is 0 Å². The van der Waals surface area contributed by atoms with Crippen molar-refractivity contribution in [3.8, 4) is 0 Å². The first kappa shape index (κ1) is 18.0. The van der Waals surface area contributed by atoms with Crippen molar-refractivity contribution in [3.63, 3.8) is 0 Å². The molecule has 0 aliphatic rings. The third-order valence-corrected chi connectivity index (χ3v) is 4.39. The van der Waals surface area contributed by atoms with Gasteiger partial charge in [-0.1, -0.05) is 36.4 Å². The summed E-state index contributed by atoms with van der Waals surface area (Å²) in [6, 6.07) is 0. The van der Waals surface area contributed by atoms with E-state index in [1.54, 1.807) is 0 Å². The normalized spacial score (nSPS) is 13.0. The van der Waals surface area contributed by atoms with Gasteiger partial charge in [0.15, 0.2) is 4.34 Å². The zero-order chi connectivity index (χ0) is 15.9. The van der Waals surface area contributed by atoms with Crippen LogP contribution in [0.2, 0.25) is 0 Å². The van der Waals surface area contributed by atoms with Crippen molar-refractivity contribution >= 4 is 34.1 Å². The van der Waals surface area contributed by atoms with Gasteiger partial charge in [0, 0.05) is 6.54 Å². The van der Waals surface area contributed by atoms with Crippen LogP contribution in [0.4, 0.5) is 18.3 Å². The minimum Gasteiger partial charge on any atom is -0.360 e. The van der Waals surface area contributed by atoms with E-state index in [2.05, 4.69) is 22.4 Å². The van der Waals surface area contributed by atoms with Crippen LogP contribution in [0.3, 0.4) is 0 Å². The van der Waals surface area contributed by atoms with Gasteiger partial charge < -0.3 is 10.6 Å². The third kappa shape index (κ3) is 7.51. The largest absolute Gasteiger partial charge is 0.405 e. The number of nitrogens with one attached hydrogen (secondary N) is 2. The second-order valence-corrected chi connectivity index (χ2v) is 6.81. The van der Waals surface area contributed by atoms with Crippen LogP contribution in [0.25, 0.3) is 0 Å². The summed E-state index contributed by atoms with van der Waals surface area (Å²) in [5.41, 5.74) is 0. The van der Waals surface area contributed by atoms with Crippen molar-refractivity contribution in [2.45, 2.75) is 42.5 Å². The van der Waals surface area contributed by atoms with Gasteiger partial charge in [-0.3, -0.25) is 4.79 Å². The van der Waals surface area contributed by atoms with Gasteiger partial charge in [-0.25, -0.2) is 0 Å². The predicted molar refractivity (Wildman–Crippen MR) is 77.7 cm³/mol. The quantitative estimate of drug-likeness (QED) is 0.562. The molecule has 1 heterocycles. The van der Waals surface area contributed by atoms with E-state index in [0.717, 1.165) is 31.1 Å². The number of rotatable bonds is 8. The molecule has 0 aliphatic heterocycles. The van der Waals surface area contributed by atoms with Gasteiger partial charge in [-0.05, 0) is 13.3 Å². The second-order valence-electron chi connectivity index (χ2n) is 4.25. The van der Waals surface area contributed by atoms with Gasteiger partial charge in [0.1, 0.15) is 6.54 Å². The number of hydrogen-bond donors (Lipinski definition) is 2. The molecule has 10 heteroatoms. The Labute approximate surface area is 129 Å². The molecule has 2 N–H and O–H groups in total. The number of carbonyl (C=O) groups excluding carboxylic acids is 1. The molecule has 0 aromatic carbocycles. The summed E-state index contributed by atoms with van der Waals surface area (Å²) in [7, 11) is 0. The van der Waals surface area contributed by atoms with Gasteiger partial charge >= 0.3 is 6.18 Å². The standard InChI is InChI=1S/C11H17F3N4OS2/c1-3-4-5-15-9-17-18-10(21-9)20-7(2)8(19)16-6-11(12,13)14/h7H,3-6H2,1-2H3,(H,15,17)(H,16,19)/t7-/m0/s1. The first-order valence-electron chi connectivity index (χ1n) is 6.40. The first-order chi connectivity index (χ1) is 9.81. The fraction of sp³-hybridized carbons (Fsp3) is 0.727. The molecule has 1 atom stereocenters. The maximum Gasteiger partial charge on any atom is 0.405 e. The molecule has 0 saturated heterocycles. The van der Waals surface area contributed by atoms with E-state index in [1.165, 1.54) is 18.3 Å². The van der Waals surface area contributed by atoms with E-state index in [1.807, 2.05) is 5.32 Å². The molecule has 1 aromatic rings. The van der Waals surface area contributed by atoms with E-state index in [4.69, 9.17) is 0 Å². The number of unbranched alkanes of at least 4 members (excludes halogenated alkanes) is 1. The fourth-order valence-corrected chi connectivity index (χ4v) is 3.18. The number of amides is 1. The molecule has 0 aliphatic carbocycles. The number of thioether (sulfide) groups is 1. The highest BCUT2D eigenvalue weighted by atomic mass is 32.2. The Morgan fingerprint density at radius 3 is 2.76 bits per heavy atom. The van der Waals surface area contributed by atoms with Crippen molar-refractivity contribution < 1.29 is 18.0 Å². The van der Waals surface area contributed by atoms with Crippen LogP contribution in [0, 0.1) is 0 Å². The molecule has 0 fully saturated rings. The molecule has 0 bridgehead atoms. The van der Waals surface area contributed by atoms with Crippen molar-refractivity contribution in [3.05, 3.63) is 0 Å². The molecule has 120 valence electrons. The monoisotopic (exact) mass is 342 g/mol. The molecule has 0 radical (unpaired) electrons. The van der Waals surface area contributed by atoms with Crippen molar-refractivity contribution in [1.82, 2.24) is 15.5 Å². The number of halogens is 3. The highest BCUT2D eigenvalue weighted by Gasteiger charge is 2.29. The van der Waals surface area contributed by atoms with Crippen LogP contribution in [0.15, 0.2) is 4.34 Å². The average Bonchev–Trinajstić information content (AvgIpc) is 2.83. The number of nitrogens with zero attached hydrogens (tertiary/aromatic N) is 2. The van der Waals surface area contributed by atoms with Crippen LogP contribution in [-0.2, 0) is 4.79 Å².